The summed E-state index contributed by atoms with van der Waals surface area (Å²) in [6.07, 6.45) is 11.2. The van der Waals surface area contributed by atoms with Crippen molar-refractivity contribution in [2.24, 2.45) is 0 Å². The van der Waals surface area contributed by atoms with Crippen LogP contribution in [0.1, 0.15) is 60.8 Å². The second-order valence-corrected chi connectivity index (χ2v) is 2.58. The van der Waals surface area contributed by atoms with Crippen molar-refractivity contribution in [3.63, 3.8) is 0 Å². The highest BCUT2D eigenvalue weighted by atomic mass is 15.0. The van der Waals surface area contributed by atoms with E-state index in [4.69, 9.17) is 0 Å². The zero-order valence-electron chi connectivity index (χ0n) is 12.7. The molecule has 0 fully saturated rings. The number of allylic oxidation sites excluding steroid dienone is 1. The summed E-state index contributed by atoms with van der Waals surface area (Å²) < 4.78 is 2.10. The van der Waals surface area contributed by atoms with Gasteiger partial charge in [-0.15, -0.1) is 6.58 Å². The number of hydrogen-bond acceptors (Lipinski definition) is 1. The summed E-state index contributed by atoms with van der Waals surface area (Å²) in [6.45, 7) is 16.8. The van der Waals surface area contributed by atoms with Crippen LogP contribution in [0.5, 0.6) is 0 Å². The van der Waals surface area contributed by atoms with Gasteiger partial charge in [-0.2, -0.15) is 0 Å². The SMILES string of the molecule is C=CCCCCn1ccnc1.CC.CC.CC. The highest BCUT2D eigenvalue weighted by molar-refractivity contribution is 4.74. The number of nitrogens with zero attached hydrogens (tertiary/aromatic N) is 2. The maximum atomic E-state index is 3.96. The first-order valence-corrected chi connectivity index (χ1v) is 7.00. The molecule has 0 aliphatic rings. The Morgan fingerprint density at radius 1 is 1.06 bits per heavy atom. The van der Waals surface area contributed by atoms with E-state index in [2.05, 4.69) is 16.1 Å². The van der Waals surface area contributed by atoms with Crippen molar-refractivity contribution in [2.75, 3.05) is 0 Å². The Hall–Kier alpha value is -1.05. The molecular weight excluding hydrogens is 208 g/mol. The monoisotopic (exact) mass is 240 g/mol. The van der Waals surface area contributed by atoms with E-state index in [0.717, 1.165) is 13.0 Å². The van der Waals surface area contributed by atoms with Crippen molar-refractivity contribution >= 4 is 0 Å². The Kier molecular flexibility index (Phi) is 30.3. The van der Waals surface area contributed by atoms with E-state index in [1.54, 1.807) is 0 Å². The van der Waals surface area contributed by atoms with E-state index in [0.29, 0.717) is 0 Å². The average Bonchev–Trinajstić information content (AvgIpc) is 2.95. The molecule has 0 aromatic carbocycles. The minimum atomic E-state index is 1.08. The molecule has 1 aromatic heterocycles. The average molecular weight is 240 g/mol. The van der Waals surface area contributed by atoms with Crippen LogP contribution < -0.4 is 0 Å². The molecule has 0 unspecified atom stereocenters. The molecule has 102 valence electrons. The van der Waals surface area contributed by atoms with Gasteiger partial charge in [-0.05, 0) is 19.3 Å². The number of rotatable bonds is 5. The maximum Gasteiger partial charge on any atom is 0.0945 e. The van der Waals surface area contributed by atoms with Crippen LogP contribution >= 0.6 is 0 Å². The van der Waals surface area contributed by atoms with E-state index in [9.17, 15) is 0 Å². The molecule has 0 N–H and O–H groups in total. The molecule has 2 heteroatoms. The molecule has 0 saturated carbocycles. The Morgan fingerprint density at radius 3 is 2.06 bits per heavy atom. The smallest absolute Gasteiger partial charge is 0.0945 e. The fraction of sp³-hybridized carbons (Fsp3) is 0.667. The first kappa shape index (κ1) is 21.3. The first-order valence-electron chi connectivity index (χ1n) is 7.00. The summed E-state index contributed by atoms with van der Waals surface area (Å²) in [7, 11) is 0. The summed E-state index contributed by atoms with van der Waals surface area (Å²) in [6, 6.07) is 0. The summed E-state index contributed by atoms with van der Waals surface area (Å²) in [4.78, 5) is 3.96. The lowest BCUT2D eigenvalue weighted by Gasteiger charge is -1.98. The zero-order valence-corrected chi connectivity index (χ0v) is 12.7. The van der Waals surface area contributed by atoms with Gasteiger partial charge >= 0.3 is 0 Å². The van der Waals surface area contributed by atoms with Crippen LogP contribution in [0.25, 0.3) is 0 Å². The molecule has 0 aliphatic carbocycles. The lowest BCUT2D eigenvalue weighted by atomic mass is 10.2. The zero-order chi connectivity index (χ0) is 13.9. The van der Waals surface area contributed by atoms with Crippen LogP contribution in [0.15, 0.2) is 31.4 Å². The van der Waals surface area contributed by atoms with Crippen LogP contribution in [-0.2, 0) is 6.54 Å². The summed E-state index contributed by atoms with van der Waals surface area (Å²) >= 11 is 0. The van der Waals surface area contributed by atoms with Crippen LogP contribution in [0, 0.1) is 0 Å². The Bertz CT molecular complexity index is 191. The topological polar surface area (TPSA) is 17.8 Å². The van der Waals surface area contributed by atoms with E-state index in [1.165, 1.54) is 12.8 Å². The van der Waals surface area contributed by atoms with Gasteiger partial charge in [0.15, 0.2) is 0 Å². The number of hydrogen-bond donors (Lipinski definition) is 0. The molecule has 0 amide bonds. The van der Waals surface area contributed by atoms with Gasteiger partial charge in [0.25, 0.3) is 0 Å². The molecule has 0 atom stereocenters. The van der Waals surface area contributed by atoms with E-state index in [-0.39, 0.29) is 0 Å². The number of unbranched alkanes of at least 4 members (excludes halogenated alkanes) is 2. The number of aromatic nitrogens is 2. The molecule has 0 aliphatic heterocycles. The predicted molar refractivity (Wildman–Crippen MR) is 80.3 cm³/mol. The standard InChI is InChI=1S/C9H14N2.3C2H6/c1-2-3-4-5-7-11-8-6-10-9-11;3*1-2/h2,6,8-9H,1,3-5,7H2;3*1-2H3. The molecule has 2 nitrogen and oxygen atoms in total. The van der Waals surface area contributed by atoms with Gasteiger partial charge in [0, 0.05) is 18.9 Å². The molecular formula is C15H32N2. The number of imidazole rings is 1. The molecule has 1 rings (SSSR count). The largest absolute Gasteiger partial charge is 0.337 e. The number of aryl methyl sites for hydroxylation is 1. The molecule has 0 saturated heterocycles. The van der Waals surface area contributed by atoms with Crippen molar-refractivity contribution < 1.29 is 0 Å². The normalized spacial score (nSPS) is 7.41. The Morgan fingerprint density at radius 2 is 1.65 bits per heavy atom. The molecule has 1 aromatic rings. The van der Waals surface area contributed by atoms with E-state index in [1.807, 2.05) is 66.3 Å². The fourth-order valence-corrected chi connectivity index (χ4v) is 1.00. The fourth-order valence-electron chi connectivity index (χ4n) is 1.00. The molecule has 0 bridgehead atoms. The second kappa shape index (κ2) is 24.3. The van der Waals surface area contributed by atoms with Gasteiger partial charge in [-0.25, -0.2) is 4.98 Å². The summed E-state index contributed by atoms with van der Waals surface area (Å²) in [5.74, 6) is 0. The van der Waals surface area contributed by atoms with E-state index < -0.39 is 0 Å². The van der Waals surface area contributed by atoms with Crippen molar-refractivity contribution in [3.8, 4) is 0 Å². The van der Waals surface area contributed by atoms with Crippen molar-refractivity contribution in [1.29, 1.82) is 0 Å². The van der Waals surface area contributed by atoms with E-state index >= 15 is 0 Å². The van der Waals surface area contributed by atoms with Gasteiger partial charge in [-0.3, -0.25) is 0 Å². The Balaban J connectivity index is -0.000000285. The van der Waals surface area contributed by atoms with Gasteiger partial charge < -0.3 is 4.57 Å². The predicted octanol–water partition coefficient (Wildman–Crippen LogP) is 5.32. The third kappa shape index (κ3) is 17.6. The Labute approximate surface area is 109 Å². The van der Waals surface area contributed by atoms with Crippen molar-refractivity contribution in [1.82, 2.24) is 9.55 Å². The summed E-state index contributed by atoms with van der Waals surface area (Å²) in [5.41, 5.74) is 0. The molecule has 0 spiro atoms. The lowest BCUT2D eigenvalue weighted by molar-refractivity contribution is 0.614. The lowest BCUT2D eigenvalue weighted by Crippen LogP contribution is -1.93. The van der Waals surface area contributed by atoms with Crippen molar-refractivity contribution in [3.05, 3.63) is 31.4 Å². The third-order valence-corrected chi connectivity index (χ3v) is 1.63. The maximum absolute atomic E-state index is 3.96. The second-order valence-electron chi connectivity index (χ2n) is 2.58. The summed E-state index contributed by atoms with van der Waals surface area (Å²) in [5, 5.41) is 0. The minimum Gasteiger partial charge on any atom is -0.337 e. The quantitative estimate of drug-likeness (QED) is 0.503. The van der Waals surface area contributed by atoms with Crippen LogP contribution in [0.4, 0.5) is 0 Å². The van der Waals surface area contributed by atoms with Crippen LogP contribution in [0.2, 0.25) is 0 Å². The minimum absolute atomic E-state index is 1.08. The van der Waals surface area contributed by atoms with Gasteiger partial charge in [-0.1, -0.05) is 47.6 Å². The van der Waals surface area contributed by atoms with Crippen LogP contribution in [0.3, 0.4) is 0 Å². The molecule has 0 radical (unpaired) electrons. The van der Waals surface area contributed by atoms with Crippen molar-refractivity contribution in [2.45, 2.75) is 67.3 Å². The highest BCUT2D eigenvalue weighted by Gasteiger charge is 1.88. The van der Waals surface area contributed by atoms with Gasteiger partial charge in [0.1, 0.15) is 0 Å². The highest BCUT2D eigenvalue weighted by Crippen LogP contribution is 1.98. The molecule has 17 heavy (non-hydrogen) atoms. The van der Waals surface area contributed by atoms with Gasteiger partial charge in [0.05, 0.1) is 6.33 Å². The molecule has 1 heterocycles. The first-order chi connectivity index (χ1) is 8.43. The van der Waals surface area contributed by atoms with Gasteiger partial charge in [0.2, 0.25) is 0 Å². The van der Waals surface area contributed by atoms with Crippen LogP contribution in [-0.4, -0.2) is 9.55 Å². The third-order valence-electron chi connectivity index (χ3n) is 1.63.